The van der Waals surface area contributed by atoms with Crippen LogP contribution in [0.3, 0.4) is 0 Å². The quantitative estimate of drug-likeness (QED) is 0.638. The second-order valence-electron chi connectivity index (χ2n) is 7.49. The van der Waals surface area contributed by atoms with Gasteiger partial charge in [0, 0.05) is 29.7 Å². The molecule has 3 aromatic rings. The second kappa shape index (κ2) is 6.70. The Morgan fingerprint density at radius 1 is 1.17 bits per heavy atom. The number of hydrogen-bond donors (Lipinski definition) is 1. The summed E-state index contributed by atoms with van der Waals surface area (Å²) in [6.45, 7) is 1.56. The van der Waals surface area contributed by atoms with Gasteiger partial charge in [0.2, 0.25) is 0 Å². The van der Waals surface area contributed by atoms with Crippen molar-refractivity contribution in [1.82, 2.24) is 10.3 Å². The van der Waals surface area contributed by atoms with Gasteiger partial charge >= 0.3 is 6.03 Å². The molecule has 30 heavy (non-hydrogen) atoms. The lowest BCUT2D eigenvalue weighted by Crippen LogP contribution is -2.41. The van der Waals surface area contributed by atoms with Gasteiger partial charge in [-0.3, -0.25) is 0 Å². The van der Waals surface area contributed by atoms with E-state index in [0.717, 1.165) is 46.4 Å². The number of benzene rings is 2. The molecule has 2 aromatic carbocycles. The molecule has 1 N–H and O–H groups in total. The number of urea groups is 1. The van der Waals surface area contributed by atoms with Crippen LogP contribution in [0, 0.1) is 5.82 Å². The maximum Gasteiger partial charge on any atom is 0.328 e. The summed E-state index contributed by atoms with van der Waals surface area (Å²) >= 11 is 1.41. The van der Waals surface area contributed by atoms with E-state index in [0.29, 0.717) is 41.9 Å². The Bertz CT molecular complexity index is 1240. The number of nitrogens with one attached hydrogen (secondary N) is 1. The molecule has 0 radical (unpaired) electrons. The molecule has 0 saturated heterocycles. The number of fused-ring (bicyclic) bond motifs is 4. The van der Waals surface area contributed by atoms with Gasteiger partial charge in [-0.2, -0.15) is 0 Å². The minimum absolute atomic E-state index is 0.315. The van der Waals surface area contributed by atoms with Crippen LogP contribution in [0.2, 0.25) is 0 Å². The number of carbonyl (C=O) groups is 1. The SMILES string of the molecule is O=C1NCc2c(C3=CCCCO3)cc(F)cc2N1c1nc2c3c(ccc2s1)OCC3. The molecule has 1 aromatic heterocycles. The normalized spacial score (nSPS) is 17.7. The highest BCUT2D eigenvalue weighted by Crippen LogP contribution is 2.42. The Hall–Kier alpha value is -3.13. The lowest BCUT2D eigenvalue weighted by molar-refractivity contribution is 0.246. The average molecular weight is 423 g/mol. The highest BCUT2D eigenvalue weighted by molar-refractivity contribution is 7.22. The van der Waals surface area contributed by atoms with Crippen molar-refractivity contribution >= 4 is 44.2 Å². The van der Waals surface area contributed by atoms with Crippen molar-refractivity contribution < 1.29 is 18.7 Å². The van der Waals surface area contributed by atoms with Crippen LogP contribution in [0.5, 0.6) is 5.75 Å². The molecule has 0 atom stereocenters. The number of anilines is 2. The summed E-state index contributed by atoms with van der Waals surface area (Å²) in [7, 11) is 0. The van der Waals surface area contributed by atoms with E-state index in [4.69, 9.17) is 14.5 Å². The molecule has 0 spiro atoms. The van der Waals surface area contributed by atoms with Gasteiger partial charge in [0.1, 0.15) is 17.3 Å². The Morgan fingerprint density at radius 2 is 2.10 bits per heavy atom. The summed E-state index contributed by atoms with van der Waals surface area (Å²) in [5.74, 6) is 1.11. The summed E-state index contributed by atoms with van der Waals surface area (Å²) in [5.41, 5.74) is 3.94. The maximum atomic E-state index is 14.6. The van der Waals surface area contributed by atoms with Gasteiger partial charge in [0.05, 0.1) is 29.1 Å². The molecular weight excluding hydrogens is 405 g/mol. The van der Waals surface area contributed by atoms with Crippen LogP contribution in [-0.2, 0) is 17.7 Å². The fourth-order valence-electron chi connectivity index (χ4n) is 4.27. The fraction of sp³-hybridized carbons (Fsp3) is 0.273. The predicted molar refractivity (Wildman–Crippen MR) is 113 cm³/mol. The topological polar surface area (TPSA) is 63.7 Å². The van der Waals surface area contributed by atoms with Crippen LogP contribution in [0.1, 0.15) is 29.5 Å². The standard InChI is InChI=1S/C22H18FN3O3S/c23-12-9-14(17-3-1-2-7-28-17)15-11-24-21(27)26(16(15)10-12)22-25-20-13-6-8-29-18(13)4-5-19(20)30-22/h3-5,9-10H,1-2,6-8,11H2,(H,24,27). The minimum Gasteiger partial charge on any atom is -0.493 e. The Kier molecular flexibility index (Phi) is 3.95. The number of nitrogens with zero attached hydrogens (tertiary/aromatic N) is 2. The first-order valence-corrected chi connectivity index (χ1v) is 10.8. The zero-order valence-corrected chi connectivity index (χ0v) is 16.9. The molecule has 0 saturated carbocycles. The number of rotatable bonds is 2. The summed E-state index contributed by atoms with van der Waals surface area (Å²) in [6.07, 6.45) is 4.62. The van der Waals surface area contributed by atoms with E-state index in [-0.39, 0.29) is 6.03 Å². The highest BCUT2D eigenvalue weighted by atomic mass is 32.1. The van der Waals surface area contributed by atoms with E-state index in [1.165, 1.54) is 28.4 Å². The molecule has 0 unspecified atom stereocenters. The predicted octanol–water partition coefficient (Wildman–Crippen LogP) is 4.88. The van der Waals surface area contributed by atoms with Gasteiger partial charge in [-0.05, 0) is 43.2 Å². The lowest BCUT2D eigenvalue weighted by atomic mass is 9.99. The monoisotopic (exact) mass is 423 g/mol. The van der Waals surface area contributed by atoms with E-state index >= 15 is 0 Å². The molecule has 2 amide bonds. The third-order valence-corrected chi connectivity index (χ3v) is 6.67. The van der Waals surface area contributed by atoms with Crippen LogP contribution >= 0.6 is 11.3 Å². The van der Waals surface area contributed by atoms with Crippen LogP contribution in [0.4, 0.5) is 20.0 Å². The van der Waals surface area contributed by atoms with Gasteiger partial charge in [0.25, 0.3) is 0 Å². The molecule has 0 aliphatic carbocycles. The number of halogens is 1. The van der Waals surface area contributed by atoms with E-state index in [1.54, 1.807) is 0 Å². The average Bonchev–Trinajstić information content (AvgIpc) is 3.40. The van der Waals surface area contributed by atoms with Crippen LogP contribution in [-0.4, -0.2) is 24.2 Å². The lowest BCUT2D eigenvalue weighted by Gasteiger charge is -2.30. The molecule has 8 heteroatoms. The number of amides is 2. The molecule has 3 aliphatic heterocycles. The Balaban J connectivity index is 1.52. The molecule has 0 bridgehead atoms. The number of aromatic nitrogens is 1. The van der Waals surface area contributed by atoms with E-state index in [2.05, 4.69) is 5.32 Å². The van der Waals surface area contributed by atoms with Crippen LogP contribution < -0.4 is 15.0 Å². The smallest absolute Gasteiger partial charge is 0.328 e. The number of allylic oxidation sites excluding steroid dienone is 1. The first-order chi connectivity index (χ1) is 14.7. The van der Waals surface area contributed by atoms with E-state index in [9.17, 15) is 9.18 Å². The number of ether oxygens (including phenoxy) is 2. The van der Waals surface area contributed by atoms with E-state index in [1.807, 2.05) is 18.2 Å². The molecule has 6 rings (SSSR count). The number of hydrogen-bond acceptors (Lipinski definition) is 5. The molecule has 6 nitrogen and oxygen atoms in total. The highest BCUT2D eigenvalue weighted by Gasteiger charge is 2.32. The first kappa shape index (κ1) is 17.7. The van der Waals surface area contributed by atoms with Crippen LogP contribution in [0.25, 0.3) is 16.0 Å². The molecular formula is C22H18FN3O3S. The summed E-state index contributed by atoms with van der Waals surface area (Å²) in [5, 5.41) is 3.42. The third-order valence-electron chi connectivity index (χ3n) is 5.67. The van der Waals surface area contributed by atoms with Crippen molar-refractivity contribution in [3.05, 3.63) is 52.8 Å². The van der Waals surface area contributed by atoms with Gasteiger partial charge < -0.3 is 14.8 Å². The summed E-state index contributed by atoms with van der Waals surface area (Å²) in [6, 6.07) is 6.47. The van der Waals surface area contributed by atoms with Crippen molar-refractivity contribution in [2.24, 2.45) is 0 Å². The van der Waals surface area contributed by atoms with Gasteiger partial charge in [-0.25, -0.2) is 19.1 Å². The van der Waals surface area contributed by atoms with Crippen molar-refractivity contribution in [2.75, 3.05) is 18.1 Å². The molecule has 4 heterocycles. The minimum atomic E-state index is -0.408. The maximum absolute atomic E-state index is 14.6. The molecule has 3 aliphatic rings. The first-order valence-electron chi connectivity index (χ1n) is 9.98. The van der Waals surface area contributed by atoms with Crippen molar-refractivity contribution in [2.45, 2.75) is 25.8 Å². The molecule has 152 valence electrons. The van der Waals surface area contributed by atoms with Gasteiger partial charge in [-0.15, -0.1) is 0 Å². The second-order valence-corrected chi connectivity index (χ2v) is 8.50. The van der Waals surface area contributed by atoms with Crippen LogP contribution in [0.15, 0.2) is 30.3 Å². The van der Waals surface area contributed by atoms with Gasteiger partial charge in [-0.1, -0.05) is 11.3 Å². The van der Waals surface area contributed by atoms with E-state index < -0.39 is 5.82 Å². The third kappa shape index (κ3) is 2.67. The number of thiazole rings is 1. The van der Waals surface area contributed by atoms with Crippen molar-refractivity contribution in [1.29, 1.82) is 0 Å². The number of carbonyl (C=O) groups excluding carboxylic acids is 1. The van der Waals surface area contributed by atoms with Gasteiger partial charge in [0.15, 0.2) is 5.13 Å². The molecule has 0 fully saturated rings. The zero-order chi connectivity index (χ0) is 20.2. The van der Waals surface area contributed by atoms with Crippen molar-refractivity contribution in [3.8, 4) is 5.75 Å². The Morgan fingerprint density at radius 3 is 2.97 bits per heavy atom. The largest absolute Gasteiger partial charge is 0.493 e. The zero-order valence-electron chi connectivity index (χ0n) is 16.0. The summed E-state index contributed by atoms with van der Waals surface area (Å²) < 4.78 is 27.0. The summed E-state index contributed by atoms with van der Waals surface area (Å²) in [4.78, 5) is 19.1. The fourth-order valence-corrected chi connectivity index (χ4v) is 5.28. The Labute approximate surface area is 175 Å². The van der Waals surface area contributed by atoms with Crippen molar-refractivity contribution in [3.63, 3.8) is 0 Å².